The topological polar surface area (TPSA) is 107 Å². The van der Waals surface area contributed by atoms with Gasteiger partial charge in [0.05, 0.1) is 7.11 Å². The van der Waals surface area contributed by atoms with Gasteiger partial charge in [-0.2, -0.15) is 4.37 Å². The molecule has 7 nitrogen and oxygen atoms in total. The lowest BCUT2D eigenvalue weighted by molar-refractivity contribution is 0.393. The zero-order valence-electron chi connectivity index (χ0n) is 11.0. The van der Waals surface area contributed by atoms with Crippen molar-refractivity contribution in [2.45, 2.75) is 11.4 Å². The minimum absolute atomic E-state index is 0.0122. The van der Waals surface area contributed by atoms with Crippen molar-refractivity contribution in [2.24, 2.45) is 0 Å². The molecule has 20 heavy (non-hydrogen) atoms. The molecule has 0 saturated heterocycles. The van der Waals surface area contributed by atoms with Crippen molar-refractivity contribution in [3.8, 4) is 5.88 Å². The molecule has 0 radical (unpaired) electrons. The van der Waals surface area contributed by atoms with Crippen LogP contribution in [-0.2, 0) is 16.4 Å². The molecular weight excluding hydrogens is 300 g/mol. The zero-order valence-corrected chi connectivity index (χ0v) is 12.6. The second-order valence-electron chi connectivity index (χ2n) is 4.02. The van der Waals surface area contributed by atoms with Crippen molar-refractivity contribution in [3.63, 3.8) is 0 Å². The van der Waals surface area contributed by atoms with Gasteiger partial charge in [0.15, 0.2) is 15.7 Å². The van der Waals surface area contributed by atoms with E-state index < -0.39 is 9.84 Å². The Hall–Kier alpha value is -1.87. The fourth-order valence-electron chi connectivity index (χ4n) is 1.68. The Kier molecular flexibility index (Phi) is 4.09. The third kappa shape index (κ3) is 2.99. The molecule has 0 aliphatic carbocycles. The number of ether oxygens (including phenoxy) is 1. The Bertz CT molecular complexity index is 712. The number of anilines is 2. The molecule has 108 valence electrons. The number of sulfone groups is 1. The summed E-state index contributed by atoms with van der Waals surface area (Å²) in [6.07, 6.45) is 2.72. The van der Waals surface area contributed by atoms with Gasteiger partial charge in [-0.25, -0.2) is 13.4 Å². The van der Waals surface area contributed by atoms with Gasteiger partial charge in [-0.15, -0.1) is 0 Å². The van der Waals surface area contributed by atoms with Gasteiger partial charge in [0.2, 0.25) is 5.88 Å². The molecule has 0 saturated carbocycles. The Morgan fingerprint density at radius 1 is 1.50 bits per heavy atom. The summed E-state index contributed by atoms with van der Waals surface area (Å²) < 4.78 is 32.4. The summed E-state index contributed by atoms with van der Waals surface area (Å²) in [6, 6.07) is 3.61. The highest BCUT2D eigenvalue weighted by atomic mass is 32.2. The van der Waals surface area contributed by atoms with Gasteiger partial charge in [0, 0.05) is 24.6 Å². The number of nitrogen functional groups attached to an aromatic ring is 1. The van der Waals surface area contributed by atoms with Crippen molar-refractivity contribution >= 4 is 32.2 Å². The number of hydrogen-bond donors (Lipinski definition) is 2. The van der Waals surface area contributed by atoms with E-state index in [4.69, 9.17) is 10.5 Å². The Balaban J connectivity index is 2.24. The summed E-state index contributed by atoms with van der Waals surface area (Å²) in [5.74, 6) is 0.497. The second kappa shape index (κ2) is 5.63. The average Bonchev–Trinajstić information content (AvgIpc) is 2.77. The lowest BCUT2D eigenvalue weighted by Crippen LogP contribution is -2.06. The van der Waals surface area contributed by atoms with E-state index in [-0.39, 0.29) is 10.7 Å². The summed E-state index contributed by atoms with van der Waals surface area (Å²) in [4.78, 5) is 4.10. The summed E-state index contributed by atoms with van der Waals surface area (Å²) in [7, 11) is -1.90. The number of hydrogen-bond acceptors (Lipinski definition) is 8. The first kappa shape index (κ1) is 14.5. The maximum Gasteiger partial charge on any atom is 0.218 e. The fourth-order valence-corrected chi connectivity index (χ4v) is 3.75. The van der Waals surface area contributed by atoms with Gasteiger partial charge < -0.3 is 15.8 Å². The van der Waals surface area contributed by atoms with Crippen LogP contribution in [-0.4, -0.2) is 31.1 Å². The molecule has 0 aliphatic rings. The van der Waals surface area contributed by atoms with Crippen LogP contribution in [0.5, 0.6) is 5.88 Å². The third-order valence-corrected chi connectivity index (χ3v) is 4.63. The van der Waals surface area contributed by atoms with Crippen LogP contribution in [0.1, 0.15) is 5.56 Å². The van der Waals surface area contributed by atoms with Gasteiger partial charge in [-0.1, -0.05) is 6.07 Å². The standard InChI is InChI=1S/C11H14N4O3S2/c1-18-10-7(4-3-5-13-10)6-14-11-8(20(2,16)17)9(12)15-19-11/h3-5,14H,6H2,1-2H3,(H2,12,15). The summed E-state index contributed by atoms with van der Waals surface area (Å²) >= 11 is 1.01. The summed E-state index contributed by atoms with van der Waals surface area (Å²) in [5.41, 5.74) is 6.40. The van der Waals surface area contributed by atoms with Crippen LogP contribution in [0.3, 0.4) is 0 Å². The quantitative estimate of drug-likeness (QED) is 0.852. The van der Waals surface area contributed by atoms with Crippen LogP contribution < -0.4 is 15.8 Å². The van der Waals surface area contributed by atoms with Crippen LogP contribution in [0.25, 0.3) is 0 Å². The maximum atomic E-state index is 11.7. The molecule has 9 heteroatoms. The van der Waals surface area contributed by atoms with Crippen molar-refractivity contribution in [1.29, 1.82) is 0 Å². The van der Waals surface area contributed by atoms with E-state index in [9.17, 15) is 8.42 Å². The van der Waals surface area contributed by atoms with E-state index in [0.29, 0.717) is 17.4 Å². The largest absolute Gasteiger partial charge is 0.481 e. The number of methoxy groups -OCH3 is 1. The van der Waals surface area contributed by atoms with E-state index in [1.165, 1.54) is 7.11 Å². The molecular formula is C11H14N4O3S2. The molecule has 0 atom stereocenters. The number of nitrogens with two attached hydrogens (primary N) is 1. The lowest BCUT2D eigenvalue weighted by Gasteiger charge is -2.08. The van der Waals surface area contributed by atoms with Crippen molar-refractivity contribution < 1.29 is 13.2 Å². The van der Waals surface area contributed by atoms with Crippen LogP contribution >= 0.6 is 11.5 Å². The van der Waals surface area contributed by atoms with Gasteiger partial charge >= 0.3 is 0 Å². The van der Waals surface area contributed by atoms with Crippen LogP contribution in [0.4, 0.5) is 10.8 Å². The van der Waals surface area contributed by atoms with Crippen molar-refractivity contribution in [3.05, 3.63) is 23.9 Å². The molecule has 0 fully saturated rings. The smallest absolute Gasteiger partial charge is 0.218 e. The molecule has 0 aliphatic heterocycles. The number of nitrogens with zero attached hydrogens (tertiary/aromatic N) is 2. The molecule has 0 spiro atoms. The normalized spacial score (nSPS) is 11.3. The molecule has 2 aromatic heterocycles. The number of aromatic nitrogens is 2. The monoisotopic (exact) mass is 314 g/mol. The molecule has 0 bridgehead atoms. The maximum absolute atomic E-state index is 11.7. The molecule has 2 rings (SSSR count). The van der Waals surface area contributed by atoms with Crippen LogP contribution in [0.15, 0.2) is 23.2 Å². The number of rotatable bonds is 5. The molecule has 0 aromatic carbocycles. The first-order valence-electron chi connectivity index (χ1n) is 5.60. The minimum atomic E-state index is -3.43. The average molecular weight is 314 g/mol. The van der Waals surface area contributed by atoms with E-state index in [1.54, 1.807) is 12.3 Å². The lowest BCUT2D eigenvalue weighted by atomic mass is 10.2. The molecule has 0 amide bonds. The first-order valence-corrected chi connectivity index (χ1v) is 8.27. The summed E-state index contributed by atoms with van der Waals surface area (Å²) in [5, 5.41) is 3.42. The van der Waals surface area contributed by atoms with Gasteiger partial charge in [-0.05, 0) is 17.6 Å². The highest BCUT2D eigenvalue weighted by molar-refractivity contribution is 7.91. The van der Waals surface area contributed by atoms with Gasteiger partial charge in [0.1, 0.15) is 9.90 Å². The highest BCUT2D eigenvalue weighted by Crippen LogP contribution is 2.32. The third-order valence-electron chi connectivity index (χ3n) is 2.53. The molecule has 2 aromatic rings. The fraction of sp³-hybridized carbons (Fsp3) is 0.273. The predicted octanol–water partition coefficient (Wildman–Crippen LogP) is 1.14. The Labute approximate surface area is 120 Å². The SMILES string of the molecule is COc1ncccc1CNc1snc(N)c1S(C)(=O)=O. The zero-order chi connectivity index (χ0) is 14.8. The van der Waals surface area contributed by atoms with Gasteiger partial charge in [-0.3, -0.25) is 0 Å². The second-order valence-corrected chi connectivity index (χ2v) is 6.75. The molecule has 0 unspecified atom stereocenters. The van der Waals surface area contributed by atoms with Crippen LogP contribution in [0.2, 0.25) is 0 Å². The molecule has 3 N–H and O–H groups in total. The van der Waals surface area contributed by atoms with Crippen molar-refractivity contribution in [1.82, 2.24) is 9.36 Å². The van der Waals surface area contributed by atoms with Gasteiger partial charge in [0.25, 0.3) is 0 Å². The summed E-state index contributed by atoms with van der Waals surface area (Å²) in [6.45, 7) is 0.362. The highest BCUT2D eigenvalue weighted by Gasteiger charge is 2.21. The van der Waals surface area contributed by atoms with E-state index in [2.05, 4.69) is 14.7 Å². The predicted molar refractivity (Wildman–Crippen MR) is 77.8 cm³/mol. The Morgan fingerprint density at radius 2 is 2.25 bits per heavy atom. The van der Waals surface area contributed by atoms with Crippen LogP contribution in [0, 0.1) is 0 Å². The van der Waals surface area contributed by atoms with E-state index in [1.807, 2.05) is 6.07 Å². The van der Waals surface area contributed by atoms with Crippen molar-refractivity contribution in [2.75, 3.05) is 24.4 Å². The first-order chi connectivity index (χ1) is 9.43. The van der Waals surface area contributed by atoms with E-state index in [0.717, 1.165) is 23.4 Å². The Morgan fingerprint density at radius 3 is 2.90 bits per heavy atom. The van der Waals surface area contributed by atoms with E-state index >= 15 is 0 Å². The number of nitrogens with one attached hydrogen (secondary N) is 1. The molecule has 2 heterocycles. The number of pyridine rings is 1. The minimum Gasteiger partial charge on any atom is -0.481 e.